The standard InChI is InChI=1S/C17H28N2O4S/c1-4-12-24(21,22)19-16-9-6-5-8-15(16)17(20)18-10-7-11-23-13-14(2)3/h5-6,8-9,14,19H,4,7,10-13H2,1-3H3,(H,18,20). The molecule has 1 rings (SSSR count). The van der Waals surface area contributed by atoms with Gasteiger partial charge in [0.25, 0.3) is 5.91 Å². The normalized spacial score (nSPS) is 11.5. The summed E-state index contributed by atoms with van der Waals surface area (Å²) in [5.74, 6) is 0.215. The highest BCUT2D eigenvalue weighted by molar-refractivity contribution is 7.92. The average Bonchev–Trinajstić information content (AvgIpc) is 2.50. The zero-order chi connectivity index (χ0) is 18.0. The molecule has 0 radical (unpaired) electrons. The molecule has 0 aromatic heterocycles. The van der Waals surface area contributed by atoms with Crippen LogP contribution in [0.1, 0.15) is 44.0 Å². The second-order valence-corrected chi connectivity index (χ2v) is 7.89. The summed E-state index contributed by atoms with van der Waals surface area (Å²) in [5, 5.41) is 2.79. The third-order valence-corrected chi connectivity index (χ3v) is 4.59. The van der Waals surface area contributed by atoms with Gasteiger partial charge in [-0.25, -0.2) is 8.42 Å². The maximum atomic E-state index is 12.3. The third kappa shape index (κ3) is 7.79. The van der Waals surface area contributed by atoms with Crippen LogP contribution in [0.15, 0.2) is 24.3 Å². The molecule has 0 aliphatic heterocycles. The molecule has 0 fully saturated rings. The van der Waals surface area contributed by atoms with Crippen molar-refractivity contribution in [1.29, 1.82) is 0 Å². The van der Waals surface area contributed by atoms with E-state index >= 15 is 0 Å². The molecule has 0 saturated carbocycles. The predicted molar refractivity (Wildman–Crippen MR) is 96.7 cm³/mol. The number of rotatable bonds is 11. The number of ether oxygens (including phenoxy) is 1. The fourth-order valence-corrected chi connectivity index (χ4v) is 3.20. The molecule has 7 heteroatoms. The fourth-order valence-electron chi connectivity index (χ4n) is 2.05. The Labute approximate surface area is 145 Å². The van der Waals surface area contributed by atoms with E-state index in [1.807, 2.05) is 0 Å². The molecule has 0 heterocycles. The molecule has 0 atom stereocenters. The van der Waals surface area contributed by atoms with Crippen LogP contribution in [0.25, 0.3) is 0 Å². The summed E-state index contributed by atoms with van der Waals surface area (Å²) >= 11 is 0. The molecule has 0 bridgehead atoms. The summed E-state index contributed by atoms with van der Waals surface area (Å²) in [6.45, 7) is 7.72. The quantitative estimate of drug-likeness (QED) is 0.597. The molecule has 0 aliphatic rings. The van der Waals surface area contributed by atoms with Crippen molar-refractivity contribution < 1.29 is 17.9 Å². The Morgan fingerprint density at radius 3 is 2.62 bits per heavy atom. The van der Waals surface area contributed by atoms with E-state index in [9.17, 15) is 13.2 Å². The molecular weight excluding hydrogens is 328 g/mol. The molecule has 1 amide bonds. The van der Waals surface area contributed by atoms with Gasteiger partial charge in [-0.1, -0.05) is 32.9 Å². The van der Waals surface area contributed by atoms with Gasteiger partial charge in [0.2, 0.25) is 10.0 Å². The number of hydrogen-bond donors (Lipinski definition) is 2. The van der Waals surface area contributed by atoms with Crippen molar-refractivity contribution in [2.24, 2.45) is 5.92 Å². The van der Waals surface area contributed by atoms with Crippen LogP contribution in [0.3, 0.4) is 0 Å². The Bertz CT molecular complexity index is 615. The van der Waals surface area contributed by atoms with E-state index in [1.54, 1.807) is 31.2 Å². The lowest BCUT2D eigenvalue weighted by Gasteiger charge is -2.12. The average molecular weight is 356 g/mol. The Hall–Kier alpha value is -1.60. The van der Waals surface area contributed by atoms with Crippen LogP contribution < -0.4 is 10.0 Å². The number of para-hydroxylation sites is 1. The van der Waals surface area contributed by atoms with Crippen molar-refractivity contribution in [2.45, 2.75) is 33.6 Å². The van der Waals surface area contributed by atoms with Crippen LogP contribution in [-0.2, 0) is 14.8 Å². The van der Waals surface area contributed by atoms with E-state index in [1.165, 1.54) is 0 Å². The van der Waals surface area contributed by atoms with Crippen molar-refractivity contribution in [2.75, 3.05) is 30.2 Å². The zero-order valence-corrected chi connectivity index (χ0v) is 15.5. The van der Waals surface area contributed by atoms with Gasteiger partial charge in [0.1, 0.15) is 0 Å². The van der Waals surface area contributed by atoms with Gasteiger partial charge in [-0.05, 0) is 30.9 Å². The Kier molecular flexibility index (Phi) is 8.78. The van der Waals surface area contributed by atoms with Gasteiger partial charge in [0, 0.05) is 19.8 Å². The van der Waals surface area contributed by atoms with Crippen molar-refractivity contribution in [3.05, 3.63) is 29.8 Å². The van der Waals surface area contributed by atoms with E-state index in [0.29, 0.717) is 49.8 Å². The molecule has 6 nitrogen and oxygen atoms in total. The lowest BCUT2D eigenvalue weighted by Crippen LogP contribution is -2.27. The summed E-state index contributed by atoms with van der Waals surface area (Å²) in [5.41, 5.74) is 0.625. The molecule has 1 aromatic carbocycles. The van der Waals surface area contributed by atoms with Gasteiger partial charge in [0.05, 0.1) is 17.0 Å². The van der Waals surface area contributed by atoms with Crippen molar-refractivity contribution in [3.8, 4) is 0 Å². The van der Waals surface area contributed by atoms with E-state index in [4.69, 9.17) is 4.74 Å². The first-order valence-corrected chi connectivity index (χ1v) is 9.96. The van der Waals surface area contributed by atoms with E-state index in [-0.39, 0.29) is 11.7 Å². The number of benzene rings is 1. The maximum Gasteiger partial charge on any atom is 0.253 e. The topological polar surface area (TPSA) is 84.5 Å². The minimum absolute atomic E-state index is 0.0240. The Morgan fingerprint density at radius 1 is 1.25 bits per heavy atom. The van der Waals surface area contributed by atoms with Gasteiger partial charge >= 0.3 is 0 Å². The minimum atomic E-state index is -3.43. The van der Waals surface area contributed by atoms with Gasteiger partial charge in [-0.2, -0.15) is 0 Å². The lowest BCUT2D eigenvalue weighted by molar-refractivity contribution is 0.0925. The number of anilines is 1. The van der Waals surface area contributed by atoms with Gasteiger partial charge in [-0.3, -0.25) is 9.52 Å². The van der Waals surface area contributed by atoms with Crippen molar-refractivity contribution in [3.63, 3.8) is 0 Å². The van der Waals surface area contributed by atoms with Crippen LogP contribution in [-0.4, -0.2) is 39.8 Å². The Balaban J connectivity index is 2.55. The highest BCUT2D eigenvalue weighted by Crippen LogP contribution is 2.17. The summed E-state index contributed by atoms with van der Waals surface area (Å²) in [4.78, 5) is 12.3. The first-order chi connectivity index (χ1) is 11.4. The summed E-state index contributed by atoms with van der Waals surface area (Å²) < 4.78 is 31.7. The molecule has 0 unspecified atom stereocenters. The monoisotopic (exact) mass is 356 g/mol. The van der Waals surface area contributed by atoms with Crippen LogP contribution in [0.2, 0.25) is 0 Å². The number of carbonyl (C=O) groups excluding carboxylic acids is 1. The number of hydrogen-bond acceptors (Lipinski definition) is 4. The first-order valence-electron chi connectivity index (χ1n) is 8.31. The molecule has 136 valence electrons. The molecular formula is C17H28N2O4S. The van der Waals surface area contributed by atoms with E-state index < -0.39 is 10.0 Å². The molecule has 0 spiro atoms. The van der Waals surface area contributed by atoms with E-state index in [2.05, 4.69) is 23.9 Å². The molecule has 0 aliphatic carbocycles. The van der Waals surface area contributed by atoms with Gasteiger partial charge < -0.3 is 10.1 Å². The second-order valence-electron chi connectivity index (χ2n) is 6.04. The Morgan fingerprint density at radius 2 is 1.96 bits per heavy atom. The van der Waals surface area contributed by atoms with Crippen LogP contribution in [0.5, 0.6) is 0 Å². The molecule has 24 heavy (non-hydrogen) atoms. The van der Waals surface area contributed by atoms with Crippen LogP contribution >= 0.6 is 0 Å². The second kappa shape index (κ2) is 10.3. The minimum Gasteiger partial charge on any atom is -0.381 e. The fraction of sp³-hybridized carbons (Fsp3) is 0.588. The maximum absolute atomic E-state index is 12.3. The zero-order valence-electron chi connectivity index (χ0n) is 14.7. The number of amides is 1. The first kappa shape index (κ1) is 20.4. The SMILES string of the molecule is CCCS(=O)(=O)Nc1ccccc1C(=O)NCCCOCC(C)C. The largest absolute Gasteiger partial charge is 0.381 e. The number of carbonyl (C=O) groups is 1. The van der Waals surface area contributed by atoms with Gasteiger partial charge in [0.15, 0.2) is 0 Å². The molecule has 2 N–H and O–H groups in total. The number of nitrogens with one attached hydrogen (secondary N) is 2. The smallest absolute Gasteiger partial charge is 0.253 e. The lowest BCUT2D eigenvalue weighted by atomic mass is 10.1. The van der Waals surface area contributed by atoms with Crippen molar-refractivity contribution in [1.82, 2.24) is 5.32 Å². The van der Waals surface area contributed by atoms with E-state index in [0.717, 1.165) is 0 Å². The van der Waals surface area contributed by atoms with Crippen LogP contribution in [0.4, 0.5) is 5.69 Å². The predicted octanol–water partition coefficient (Wildman–Crippen LogP) is 2.63. The van der Waals surface area contributed by atoms with Crippen molar-refractivity contribution >= 4 is 21.6 Å². The highest BCUT2D eigenvalue weighted by Gasteiger charge is 2.15. The summed E-state index contributed by atoms with van der Waals surface area (Å²) in [6, 6.07) is 6.60. The summed E-state index contributed by atoms with van der Waals surface area (Å²) in [7, 11) is -3.43. The van der Waals surface area contributed by atoms with Crippen LogP contribution in [0, 0.1) is 5.92 Å². The molecule has 1 aromatic rings. The van der Waals surface area contributed by atoms with Gasteiger partial charge in [-0.15, -0.1) is 0 Å². The number of sulfonamides is 1. The summed E-state index contributed by atoms with van der Waals surface area (Å²) in [6.07, 6.45) is 1.22. The molecule has 0 saturated heterocycles. The third-order valence-electron chi connectivity index (χ3n) is 3.11. The highest BCUT2D eigenvalue weighted by atomic mass is 32.2.